The molecule has 5 rings (SSSR count). The Morgan fingerprint density at radius 2 is 1.50 bits per heavy atom. The first kappa shape index (κ1) is 35.7. The Morgan fingerprint density at radius 1 is 0.833 bits per heavy atom. The maximum Gasteiger partial charge on any atom is 0.264 e. The third-order valence-corrected chi connectivity index (χ3v) is 11.4. The third kappa shape index (κ3) is 8.72. The fourth-order valence-corrected chi connectivity index (χ4v) is 7.90. The molecule has 7 nitrogen and oxygen atoms in total. The second kappa shape index (κ2) is 15.8. The molecule has 4 aromatic carbocycles. The number of rotatable bonds is 12. The highest BCUT2D eigenvalue weighted by Crippen LogP contribution is 2.29. The van der Waals surface area contributed by atoms with Crippen molar-refractivity contribution in [2.24, 2.45) is 0 Å². The summed E-state index contributed by atoms with van der Waals surface area (Å²) in [6, 6.07) is 24.5. The molecule has 0 heterocycles. The standard InChI is InChI=1S/C37H38Cl3N3O4S/c1-25-12-17-32(20-26(25)2)43(48(46,47)33-18-15-29(38)16-19-33)24-36(44)42(23-28-13-14-30(39)22-34(28)40)35(21-27-8-4-3-5-9-27)37(45)41-31-10-6-7-11-31/h3-5,8-9,12-20,22,31,35H,6-7,10-11,21,23-24H2,1-2H3,(H,41,45)/t35-/m0/s1. The molecule has 48 heavy (non-hydrogen) atoms. The fraction of sp³-hybridized carbons (Fsp3) is 0.297. The molecule has 11 heteroatoms. The van der Waals surface area contributed by atoms with E-state index < -0.39 is 28.5 Å². The van der Waals surface area contributed by atoms with Crippen LogP contribution in [-0.4, -0.2) is 43.8 Å². The molecule has 0 bridgehead atoms. The summed E-state index contributed by atoms with van der Waals surface area (Å²) in [4.78, 5) is 30.3. The molecule has 0 spiro atoms. The van der Waals surface area contributed by atoms with Crippen molar-refractivity contribution in [3.05, 3.63) is 128 Å². The molecule has 1 aliphatic carbocycles. The van der Waals surface area contributed by atoms with Crippen LogP contribution in [0.2, 0.25) is 15.1 Å². The Balaban J connectivity index is 1.59. The lowest BCUT2D eigenvalue weighted by molar-refractivity contribution is -0.140. The number of nitrogens with zero attached hydrogens (tertiary/aromatic N) is 2. The minimum atomic E-state index is -4.26. The lowest BCUT2D eigenvalue weighted by Gasteiger charge is -2.34. The number of halogens is 3. The zero-order valence-corrected chi connectivity index (χ0v) is 29.9. The van der Waals surface area contributed by atoms with E-state index in [9.17, 15) is 18.0 Å². The van der Waals surface area contributed by atoms with Gasteiger partial charge < -0.3 is 10.2 Å². The number of carbonyl (C=O) groups excluding carboxylic acids is 2. The number of hydrogen-bond acceptors (Lipinski definition) is 4. The monoisotopic (exact) mass is 725 g/mol. The van der Waals surface area contributed by atoms with Gasteiger partial charge in [-0.25, -0.2) is 8.42 Å². The van der Waals surface area contributed by atoms with Gasteiger partial charge in [-0.15, -0.1) is 0 Å². The van der Waals surface area contributed by atoms with Crippen molar-refractivity contribution < 1.29 is 18.0 Å². The Labute approximate surface area is 297 Å². The second-order valence-corrected chi connectivity index (χ2v) is 15.3. The van der Waals surface area contributed by atoms with Gasteiger partial charge in [0.2, 0.25) is 11.8 Å². The van der Waals surface area contributed by atoms with E-state index in [0.29, 0.717) is 26.3 Å². The second-order valence-electron chi connectivity index (χ2n) is 12.2. The predicted molar refractivity (Wildman–Crippen MR) is 193 cm³/mol. The van der Waals surface area contributed by atoms with Crippen LogP contribution in [-0.2, 0) is 32.6 Å². The van der Waals surface area contributed by atoms with E-state index in [1.54, 1.807) is 30.3 Å². The van der Waals surface area contributed by atoms with Crippen molar-refractivity contribution in [3.8, 4) is 0 Å². The molecular formula is C37H38Cl3N3O4S. The van der Waals surface area contributed by atoms with Crippen molar-refractivity contribution in [2.45, 2.75) is 69.5 Å². The SMILES string of the molecule is Cc1ccc(N(CC(=O)N(Cc2ccc(Cl)cc2Cl)[C@@H](Cc2ccccc2)C(=O)NC2CCCC2)S(=O)(=O)c2ccc(Cl)cc2)cc1C. The zero-order valence-electron chi connectivity index (χ0n) is 26.8. The fourth-order valence-electron chi connectivity index (χ4n) is 5.90. The summed E-state index contributed by atoms with van der Waals surface area (Å²) in [6.45, 7) is 3.19. The van der Waals surface area contributed by atoms with Crippen molar-refractivity contribution >= 4 is 62.3 Å². The van der Waals surface area contributed by atoms with Gasteiger partial charge in [0.15, 0.2) is 0 Å². The van der Waals surface area contributed by atoms with Crippen LogP contribution in [0.4, 0.5) is 5.69 Å². The van der Waals surface area contributed by atoms with Gasteiger partial charge in [-0.2, -0.15) is 0 Å². The lowest BCUT2D eigenvalue weighted by Crippen LogP contribution is -2.54. The quantitative estimate of drug-likeness (QED) is 0.160. The van der Waals surface area contributed by atoms with Gasteiger partial charge in [-0.1, -0.05) is 90.1 Å². The summed E-state index contributed by atoms with van der Waals surface area (Å²) in [5.41, 5.74) is 3.57. The van der Waals surface area contributed by atoms with E-state index in [4.69, 9.17) is 34.8 Å². The Kier molecular flexibility index (Phi) is 11.7. The average Bonchev–Trinajstić information content (AvgIpc) is 3.57. The van der Waals surface area contributed by atoms with Crippen molar-refractivity contribution in [1.82, 2.24) is 10.2 Å². The number of benzene rings is 4. The van der Waals surface area contributed by atoms with Gasteiger partial charge in [0, 0.05) is 34.1 Å². The summed E-state index contributed by atoms with van der Waals surface area (Å²) in [5, 5.41) is 4.31. The van der Waals surface area contributed by atoms with Crippen LogP contribution in [0.25, 0.3) is 0 Å². The lowest BCUT2D eigenvalue weighted by atomic mass is 10.0. The number of hydrogen-bond donors (Lipinski definition) is 1. The highest BCUT2D eigenvalue weighted by atomic mass is 35.5. The molecule has 0 unspecified atom stereocenters. The van der Waals surface area contributed by atoms with Gasteiger partial charge in [0.05, 0.1) is 10.6 Å². The molecule has 0 aliphatic heterocycles. The highest BCUT2D eigenvalue weighted by Gasteiger charge is 2.36. The number of anilines is 1. The van der Waals surface area contributed by atoms with E-state index in [1.807, 2.05) is 50.2 Å². The molecule has 4 aromatic rings. The number of nitrogens with one attached hydrogen (secondary N) is 1. The van der Waals surface area contributed by atoms with Crippen LogP contribution in [0.5, 0.6) is 0 Å². The van der Waals surface area contributed by atoms with E-state index in [2.05, 4.69) is 5.32 Å². The van der Waals surface area contributed by atoms with Crippen LogP contribution in [0, 0.1) is 13.8 Å². The van der Waals surface area contributed by atoms with Gasteiger partial charge in [-0.05, 0) is 97.5 Å². The number of carbonyl (C=O) groups is 2. The summed E-state index contributed by atoms with van der Waals surface area (Å²) in [5.74, 6) is -0.873. The molecule has 1 saturated carbocycles. The van der Waals surface area contributed by atoms with Crippen molar-refractivity contribution in [2.75, 3.05) is 10.8 Å². The molecular weight excluding hydrogens is 689 g/mol. The maximum atomic E-state index is 14.7. The Morgan fingerprint density at radius 3 is 2.15 bits per heavy atom. The first-order valence-electron chi connectivity index (χ1n) is 15.9. The third-order valence-electron chi connectivity index (χ3n) is 8.79. The van der Waals surface area contributed by atoms with Crippen molar-refractivity contribution in [1.29, 1.82) is 0 Å². The number of sulfonamides is 1. The smallest absolute Gasteiger partial charge is 0.264 e. The van der Waals surface area contributed by atoms with Crippen LogP contribution >= 0.6 is 34.8 Å². The molecule has 1 aliphatic rings. The predicted octanol–water partition coefficient (Wildman–Crippen LogP) is 8.16. The molecule has 1 atom stereocenters. The van der Waals surface area contributed by atoms with Crippen LogP contribution in [0.1, 0.15) is 47.9 Å². The van der Waals surface area contributed by atoms with E-state index >= 15 is 0 Å². The largest absolute Gasteiger partial charge is 0.352 e. The maximum absolute atomic E-state index is 14.7. The number of amides is 2. The normalized spacial score (nSPS) is 14.0. The summed E-state index contributed by atoms with van der Waals surface area (Å²) in [7, 11) is -4.26. The average molecular weight is 727 g/mol. The Hall–Kier alpha value is -3.56. The molecule has 252 valence electrons. The van der Waals surface area contributed by atoms with Gasteiger partial charge in [-0.3, -0.25) is 13.9 Å². The first-order chi connectivity index (χ1) is 22.9. The summed E-state index contributed by atoms with van der Waals surface area (Å²) < 4.78 is 29.6. The first-order valence-corrected chi connectivity index (χ1v) is 18.4. The Bertz CT molecular complexity index is 1860. The highest BCUT2D eigenvalue weighted by molar-refractivity contribution is 7.92. The van der Waals surface area contributed by atoms with E-state index in [1.165, 1.54) is 29.2 Å². The molecule has 0 aromatic heterocycles. The molecule has 1 N–H and O–H groups in total. The van der Waals surface area contributed by atoms with Gasteiger partial charge in [0.1, 0.15) is 12.6 Å². The van der Waals surface area contributed by atoms with E-state index in [-0.39, 0.29) is 29.8 Å². The minimum absolute atomic E-state index is 0.00385. The summed E-state index contributed by atoms with van der Waals surface area (Å²) >= 11 is 18.9. The van der Waals surface area contributed by atoms with Crippen LogP contribution < -0.4 is 9.62 Å². The minimum Gasteiger partial charge on any atom is -0.352 e. The van der Waals surface area contributed by atoms with E-state index in [0.717, 1.165) is 46.7 Å². The van der Waals surface area contributed by atoms with Crippen molar-refractivity contribution in [3.63, 3.8) is 0 Å². The molecule has 0 saturated heterocycles. The van der Waals surface area contributed by atoms with Crippen LogP contribution in [0.15, 0.2) is 95.9 Å². The number of aryl methyl sites for hydroxylation is 2. The molecule has 0 radical (unpaired) electrons. The topological polar surface area (TPSA) is 86.8 Å². The molecule has 1 fully saturated rings. The zero-order chi connectivity index (χ0) is 34.4. The van der Waals surface area contributed by atoms with Gasteiger partial charge >= 0.3 is 0 Å². The van der Waals surface area contributed by atoms with Crippen LogP contribution in [0.3, 0.4) is 0 Å². The molecule has 2 amide bonds. The van der Waals surface area contributed by atoms with Gasteiger partial charge in [0.25, 0.3) is 10.0 Å². The summed E-state index contributed by atoms with van der Waals surface area (Å²) in [6.07, 6.45) is 3.97.